The van der Waals surface area contributed by atoms with Gasteiger partial charge in [-0.2, -0.15) is 0 Å². The lowest BCUT2D eigenvalue weighted by molar-refractivity contribution is 1.30. The Morgan fingerprint density at radius 1 is 0.213 bits per heavy atom. The largest absolute Gasteiger partial charge is 0.310 e. The van der Waals surface area contributed by atoms with Crippen LogP contribution in [0.15, 0.2) is 249 Å². The SMILES string of the molecule is c1ccc(-c2ccccc2-c2ccc(N(c3ccc(-c4cccc5cccc(-c6ccccc6)c45)cc3)c3ccc(-c4cccc5ccccc45)c4ccccc34)cc2)cc1. The predicted octanol–water partition coefficient (Wildman–Crippen LogP) is 17.0. The molecule has 11 aromatic rings. The number of hydrogen-bond acceptors (Lipinski definition) is 1. The van der Waals surface area contributed by atoms with Crippen LogP contribution in [0.4, 0.5) is 17.1 Å². The van der Waals surface area contributed by atoms with Crippen molar-refractivity contribution in [2.24, 2.45) is 0 Å². The summed E-state index contributed by atoms with van der Waals surface area (Å²) in [6, 6.07) is 90.4. The van der Waals surface area contributed by atoms with Crippen LogP contribution in [0.5, 0.6) is 0 Å². The zero-order chi connectivity index (χ0) is 40.5. The van der Waals surface area contributed by atoms with Crippen LogP contribution in [-0.4, -0.2) is 0 Å². The molecule has 0 saturated carbocycles. The monoisotopic (exact) mass is 775 g/mol. The number of rotatable bonds is 8. The van der Waals surface area contributed by atoms with Crippen molar-refractivity contribution in [3.63, 3.8) is 0 Å². The molecule has 0 spiro atoms. The highest BCUT2D eigenvalue weighted by atomic mass is 15.1. The molecule has 61 heavy (non-hydrogen) atoms. The van der Waals surface area contributed by atoms with Crippen molar-refractivity contribution in [2.75, 3.05) is 4.90 Å². The molecular formula is C60H41N. The smallest absolute Gasteiger partial charge is 0.0540 e. The van der Waals surface area contributed by atoms with Crippen molar-refractivity contribution < 1.29 is 0 Å². The van der Waals surface area contributed by atoms with Crippen molar-refractivity contribution >= 4 is 49.4 Å². The molecule has 1 heteroatoms. The van der Waals surface area contributed by atoms with E-state index in [0.717, 1.165) is 17.1 Å². The van der Waals surface area contributed by atoms with Crippen LogP contribution >= 0.6 is 0 Å². The molecule has 0 atom stereocenters. The van der Waals surface area contributed by atoms with E-state index in [9.17, 15) is 0 Å². The maximum atomic E-state index is 2.42. The lowest BCUT2D eigenvalue weighted by atomic mass is 9.91. The Kier molecular flexibility index (Phi) is 9.26. The molecule has 286 valence electrons. The van der Waals surface area contributed by atoms with Gasteiger partial charge in [-0.25, -0.2) is 0 Å². The zero-order valence-electron chi connectivity index (χ0n) is 33.6. The fourth-order valence-electron chi connectivity index (χ4n) is 9.22. The van der Waals surface area contributed by atoms with Crippen LogP contribution in [0.1, 0.15) is 0 Å². The van der Waals surface area contributed by atoms with Crippen LogP contribution in [-0.2, 0) is 0 Å². The number of anilines is 3. The summed E-state index contributed by atoms with van der Waals surface area (Å²) in [6.45, 7) is 0. The molecule has 0 N–H and O–H groups in total. The first-order valence-electron chi connectivity index (χ1n) is 21.0. The first kappa shape index (κ1) is 36.1. The van der Waals surface area contributed by atoms with Gasteiger partial charge < -0.3 is 4.90 Å². The second kappa shape index (κ2) is 15.6. The maximum Gasteiger partial charge on any atom is 0.0540 e. The fraction of sp³-hybridized carbons (Fsp3) is 0. The van der Waals surface area contributed by atoms with Gasteiger partial charge in [0.2, 0.25) is 0 Å². The van der Waals surface area contributed by atoms with Gasteiger partial charge in [0, 0.05) is 16.8 Å². The van der Waals surface area contributed by atoms with E-state index in [1.807, 2.05) is 0 Å². The van der Waals surface area contributed by atoms with Gasteiger partial charge in [0.25, 0.3) is 0 Å². The first-order valence-corrected chi connectivity index (χ1v) is 21.0. The van der Waals surface area contributed by atoms with Crippen molar-refractivity contribution in [3.05, 3.63) is 249 Å². The summed E-state index contributed by atoms with van der Waals surface area (Å²) in [5.74, 6) is 0. The van der Waals surface area contributed by atoms with Crippen molar-refractivity contribution in [3.8, 4) is 55.6 Å². The van der Waals surface area contributed by atoms with E-state index in [1.54, 1.807) is 0 Å². The molecule has 0 bridgehead atoms. The summed E-state index contributed by atoms with van der Waals surface area (Å²) in [5.41, 5.74) is 15.5. The normalized spacial score (nSPS) is 11.3. The summed E-state index contributed by atoms with van der Waals surface area (Å²) in [6.07, 6.45) is 0. The van der Waals surface area contributed by atoms with E-state index in [0.29, 0.717) is 0 Å². The average Bonchev–Trinajstić information content (AvgIpc) is 3.34. The highest BCUT2D eigenvalue weighted by Gasteiger charge is 2.19. The quantitative estimate of drug-likeness (QED) is 0.149. The Balaban J connectivity index is 1.07. The van der Waals surface area contributed by atoms with Crippen molar-refractivity contribution in [1.82, 2.24) is 0 Å². The molecule has 0 aliphatic carbocycles. The molecule has 0 aromatic heterocycles. The Morgan fingerprint density at radius 2 is 0.607 bits per heavy atom. The minimum Gasteiger partial charge on any atom is -0.310 e. The number of benzene rings is 11. The molecule has 0 saturated heterocycles. The Hall–Kier alpha value is -8.00. The van der Waals surface area contributed by atoms with E-state index in [4.69, 9.17) is 0 Å². The Labute approximate surface area is 357 Å². The molecule has 0 fully saturated rings. The van der Waals surface area contributed by atoms with E-state index in [-0.39, 0.29) is 0 Å². The highest BCUT2D eigenvalue weighted by Crippen LogP contribution is 2.45. The minimum atomic E-state index is 1.09. The molecule has 0 amide bonds. The van der Waals surface area contributed by atoms with Crippen LogP contribution in [0.25, 0.3) is 88.0 Å². The number of fused-ring (bicyclic) bond motifs is 3. The third-order valence-electron chi connectivity index (χ3n) is 12.1. The van der Waals surface area contributed by atoms with Crippen LogP contribution in [0, 0.1) is 0 Å². The predicted molar refractivity (Wildman–Crippen MR) is 261 cm³/mol. The van der Waals surface area contributed by atoms with Crippen molar-refractivity contribution in [2.45, 2.75) is 0 Å². The molecule has 11 aromatic carbocycles. The number of hydrogen-bond donors (Lipinski definition) is 0. The molecule has 0 radical (unpaired) electrons. The summed E-state index contributed by atoms with van der Waals surface area (Å²) in [7, 11) is 0. The lowest BCUT2D eigenvalue weighted by Crippen LogP contribution is -2.10. The molecule has 0 unspecified atom stereocenters. The third kappa shape index (κ3) is 6.63. The van der Waals surface area contributed by atoms with E-state index in [2.05, 4.69) is 254 Å². The fourth-order valence-corrected chi connectivity index (χ4v) is 9.22. The van der Waals surface area contributed by atoms with E-state index < -0.39 is 0 Å². The van der Waals surface area contributed by atoms with Crippen LogP contribution in [0.3, 0.4) is 0 Å². The van der Waals surface area contributed by atoms with E-state index in [1.165, 1.54) is 88.0 Å². The van der Waals surface area contributed by atoms with Gasteiger partial charge in [-0.1, -0.05) is 218 Å². The van der Waals surface area contributed by atoms with Crippen molar-refractivity contribution in [1.29, 1.82) is 0 Å². The summed E-state index contributed by atoms with van der Waals surface area (Å²) < 4.78 is 0. The highest BCUT2D eigenvalue weighted by molar-refractivity contribution is 6.11. The number of nitrogens with zero attached hydrogens (tertiary/aromatic N) is 1. The van der Waals surface area contributed by atoms with Gasteiger partial charge in [0.15, 0.2) is 0 Å². The van der Waals surface area contributed by atoms with Gasteiger partial charge in [0.1, 0.15) is 0 Å². The van der Waals surface area contributed by atoms with Gasteiger partial charge in [0.05, 0.1) is 5.69 Å². The molecule has 0 heterocycles. The standard InChI is InChI=1S/C60H41N/c1-3-16-42(17-4-1)50-24-9-10-25-51(50)45-32-36-48(37-33-45)61(59-41-40-57(56-27-11-12-28-58(56)59)55-31-13-21-43-20-7-8-26-52(43)55)49-38-34-46(35-39-49)54-30-15-23-47-22-14-29-53(60(47)54)44-18-5-2-6-19-44/h1-41H. The second-order valence-electron chi connectivity index (χ2n) is 15.6. The summed E-state index contributed by atoms with van der Waals surface area (Å²) in [4.78, 5) is 2.42. The minimum absolute atomic E-state index is 1.09. The molecule has 0 aliphatic rings. The third-order valence-corrected chi connectivity index (χ3v) is 12.1. The summed E-state index contributed by atoms with van der Waals surface area (Å²) >= 11 is 0. The topological polar surface area (TPSA) is 3.24 Å². The molecule has 1 nitrogen and oxygen atoms in total. The lowest BCUT2D eigenvalue weighted by Gasteiger charge is -2.28. The first-order chi connectivity index (χ1) is 30.3. The van der Waals surface area contributed by atoms with Crippen LogP contribution in [0.2, 0.25) is 0 Å². The van der Waals surface area contributed by atoms with Gasteiger partial charge >= 0.3 is 0 Å². The Morgan fingerprint density at radius 3 is 1.21 bits per heavy atom. The van der Waals surface area contributed by atoms with Gasteiger partial charge in [-0.3, -0.25) is 0 Å². The zero-order valence-corrected chi connectivity index (χ0v) is 33.6. The second-order valence-corrected chi connectivity index (χ2v) is 15.6. The summed E-state index contributed by atoms with van der Waals surface area (Å²) in [5, 5.41) is 7.41. The maximum absolute atomic E-state index is 2.42. The van der Waals surface area contributed by atoms with Crippen LogP contribution < -0.4 is 4.90 Å². The molecular weight excluding hydrogens is 735 g/mol. The molecule has 0 aliphatic heterocycles. The average molecular weight is 776 g/mol. The van der Waals surface area contributed by atoms with E-state index >= 15 is 0 Å². The van der Waals surface area contributed by atoms with Gasteiger partial charge in [-0.05, 0) is 113 Å². The molecule has 11 rings (SSSR count). The van der Waals surface area contributed by atoms with Gasteiger partial charge in [-0.15, -0.1) is 0 Å². The Bertz CT molecular complexity index is 3320.